The molecule has 7 heteroatoms. The van der Waals surface area contributed by atoms with E-state index in [1.54, 1.807) is 0 Å². The minimum Gasteiger partial charge on any atom is -0.307 e. The van der Waals surface area contributed by atoms with E-state index in [1.807, 2.05) is 30.3 Å². The summed E-state index contributed by atoms with van der Waals surface area (Å²) in [6.07, 6.45) is 6.07. The monoisotopic (exact) mass is 413 g/mol. The van der Waals surface area contributed by atoms with Gasteiger partial charge in [0.05, 0.1) is 0 Å². The first-order valence-electron chi connectivity index (χ1n) is 10.2. The highest BCUT2D eigenvalue weighted by Crippen LogP contribution is 2.38. The number of sulfonamides is 1. The summed E-state index contributed by atoms with van der Waals surface area (Å²) in [7, 11) is -3.85. The average Bonchev–Trinajstić information content (AvgIpc) is 3.35. The summed E-state index contributed by atoms with van der Waals surface area (Å²) in [5.41, 5.74) is 6.75. The number of carbonyl (C=O) groups is 1. The molecule has 1 atom stereocenters. The Hall–Kier alpha value is -2.38. The van der Waals surface area contributed by atoms with Gasteiger partial charge in [0.1, 0.15) is 5.37 Å². The van der Waals surface area contributed by atoms with Gasteiger partial charge in [-0.1, -0.05) is 36.4 Å². The maximum Gasteiger partial charge on any atom is 0.332 e. The van der Waals surface area contributed by atoms with Gasteiger partial charge in [-0.3, -0.25) is 5.32 Å². The van der Waals surface area contributed by atoms with Crippen molar-refractivity contribution in [3.05, 3.63) is 64.2 Å². The fourth-order valence-corrected chi connectivity index (χ4v) is 5.08. The summed E-state index contributed by atoms with van der Waals surface area (Å²) in [5, 5.41) is 4.93. The lowest BCUT2D eigenvalue weighted by atomic mass is 9.99. The summed E-state index contributed by atoms with van der Waals surface area (Å²) in [4.78, 5) is 12.6. The SMILES string of the molecule is CC(NCc1ccccc1)S(=O)(=O)NC(=O)Nc1c2c(cc3c1CCC3)CCC2. The minimum absolute atomic E-state index is 0.407. The van der Waals surface area contributed by atoms with Crippen LogP contribution in [0.25, 0.3) is 0 Å². The third-order valence-corrected chi connectivity index (χ3v) is 7.42. The second-order valence-electron chi connectivity index (χ2n) is 7.84. The van der Waals surface area contributed by atoms with Crippen molar-refractivity contribution >= 4 is 21.7 Å². The van der Waals surface area contributed by atoms with Crippen molar-refractivity contribution in [3.63, 3.8) is 0 Å². The van der Waals surface area contributed by atoms with Crippen LogP contribution in [0.1, 0.15) is 47.6 Å². The first-order chi connectivity index (χ1) is 13.9. The Labute approximate surface area is 172 Å². The second kappa shape index (κ2) is 8.16. The van der Waals surface area contributed by atoms with Gasteiger partial charge in [0.2, 0.25) is 0 Å². The topological polar surface area (TPSA) is 87.3 Å². The van der Waals surface area contributed by atoms with E-state index in [9.17, 15) is 13.2 Å². The molecular weight excluding hydrogens is 386 g/mol. The quantitative estimate of drug-likeness (QED) is 0.678. The molecule has 154 valence electrons. The van der Waals surface area contributed by atoms with Crippen molar-refractivity contribution < 1.29 is 13.2 Å². The van der Waals surface area contributed by atoms with Crippen LogP contribution in [0.4, 0.5) is 10.5 Å². The van der Waals surface area contributed by atoms with Gasteiger partial charge in [-0.2, -0.15) is 0 Å². The van der Waals surface area contributed by atoms with Crippen LogP contribution in [0.5, 0.6) is 0 Å². The predicted octanol–water partition coefficient (Wildman–Crippen LogP) is 3.25. The van der Waals surface area contributed by atoms with Gasteiger partial charge >= 0.3 is 6.03 Å². The van der Waals surface area contributed by atoms with Crippen molar-refractivity contribution in [1.29, 1.82) is 0 Å². The molecule has 0 bridgehead atoms. The second-order valence-corrected chi connectivity index (χ2v) is 9.85. The molecule has 0 heterocycles. The third-order valence-electron chi connectivity index (χ3n) is 5.85. The molecule has 6 nitrogen and oxygen atoms in total. The van der Waals surface area contributed by atoms with Crippen LogP contribution in [0.2, 0.25) is 0 Å². The summed E-state index contributed by atoms with van der Waals surface area (Å²) in [6, 6.07) is 11.1. The smallest absolute Gasteiger partial charge is 0.307 e. The highest BCUT2D eigenvalue weighted by atomic mass is 32.2. The first-order valence-corrected chi connectivity index (χ1v) is 11.7. The van der Waals surface area contributed by atoms with E-state index in [1.165, 1.54) is 29.2 Å². The lowest BCUT2D eigenvalue weighted by molar-refractivity contribution is 0.256. The lowest BCUT2D eigenvalue weighted by Crippen LogP contribution is -2.45. The fourth-order valence-electron chi connectivity index (χ4n) is 4.29. The van der Waals surface area contributed by atoms with Crippen molar-refractivity contribution in [2.45, 2.75) is 57.4 Å². The molecule has 2 aliphatic carbocycles. The van der Waals surface area contributed by atoms with Gasteiger partial charge in [-0.15, -0.1) is 0 Å². The van der Waals surface area contributed by atoms with E-state index in [0.29, 0.717) is 6.54 Å². The lowest BCUT2D eigenvalue weighted by Gasteiger charge is -2.19. The fraction of sp³-hybridized carbons (Fsp3) is 0.409. The summed E-state index contributed by atoms with van der Waals surface area (Å²) >= 11 is 0. The molecule has 0 saturated carbocycles. The van der Waals surface area contributed by atoms with Crippen LogP contribution >= 0.6 is 0 Å². The van der Waals surface area contributed by atoms with Gasteiger partial charge in [0.25, 0.3) is 10.0 Å². The van der Waals surface area contributed by atoms with Crippen LogP contribution in [-0.4, -0.2) is 19.8 Å². The molecule has 0 radical (unpaired) electrons. The predicted molar refractivity (Wildman–Crippen MR) is 114 cm³/mol. The molecule has 0 aliphatic heterocycles. The highest BCUT2D eigenvalue weighted by molar-refractivity contribution is 7.90. The Balaban J connectivity index is 1.43. The van der Waals surface area contributed by atoms with E-state index >= 15 is 0 Å². The van der Waals surface area contributed by atoms with Crippen LogP contribution < -0.4 is 15.4 Å². The number of fused-ring (bicyclic) bond motifs is 2. The normalized spacial score (nSPS) is 16.2. The zero-order chi connectivity index (χ0) is 20.4. The molecule has 0 fully saturated rings. The maximum absolute atomic E-state index is 12.6. The molecule has 3 N–H and O–H groups in total. The number of carbonyl (C=O) groups excluding carboxylic acids is 1. The molecule has 0 aromatic heterocycles. The van der Waals surface area contributed by atoms with Crippen molar-refractivity contribution in [3.8, 4) is 0 Å². The van der Waals surface area contributed by atoms with Crippen LogP contribution in [-0.2, 0) is 42.3 Å². The number of hydrogen-bond donors (Lipinski definition) is 3. The molecule has 0 spiro atoms. The van der Waals surface area contributed by atoms with Crippen molar-refractivity contribution in [1.82, 2.24) is 10.0 Å². The van der Waals surface area contributed by atoms with E-state index in [0.717, 1.165) is 49.8 Å². The molecular formula is C22H27N3O3S. The van der Waals surface area contributed by atoms with Crippen molar-refractivity contribution in [2.75, 3.05) is 5.32 Å². The number of aryl methyl sites for hydroxylation is 2. The van der Waals surface area contributed by atoms with Gasteiger partial charge < -0.3 is 5.32 Å². The number of amides is 2. The molecule has 0 saturated heterocycles. The van der Waals surface area contributed by atoms with Crippen LogP contribution in [0, 0.1) is 0 Å². The summed E-state index contributed by atoms with van der Waals surface area (Å²) < 4.78 is 27.4. The standard InChI is InChI=1S/C22H27N3O3S/c1-15(23-14-16-7-3-2-4-8-16)29(27,28)25-22(26)24-21-19-11-5-9-17(19)13-18-10-6-12-20(18)21/h2-4,7-8,13,15,23H,5-6,9-12,14H2,1H3,(H2,24,25,26). The zero-order valence-electron chi connectivity index (χ0n) is 16.6. The largest absolute Gasteiger partial charge is 0.332 e. The maximum atomic E-state index is 12.6. The Morgan fingerprint density at radius 3 is 2.24 bits per heavy atom. The van der Waals surface area contributed by atoms with E-state index < -0.39 is 21.4 Å². The van der Waals surface area contributed by atoms with E-state index in [-0.39, 0.29) is 0 Å². The molecule has 2 aliphatic rings. The van der Waals surface area contributed by atoms with Gasteiger partial charge in [-0.25, -0.2) is 17.9 Å². The van der Waals surface area contributed by atoms with Crippen molar-refractivity contribution in [2.24, 2.45) is 0 Å². The zero-order valence-corrected chi connectivity index (χ0v) is 17.4. The molecule has 2 aromatic rings. The Morgan fingerprint density at radius 1 is 1.00 bits per heavy atom. The highest BCUT2D eigenvalue weighted by Gasteiger charge is 2.27. The minimum atomic E-state index is -3.85. The summed E-state index contributed by atoms with van der Waals surface area (Å²) in [6.45, 7) is 1.95. The van der Waals surface area contributed by atoms with E-state index in [4.69, 9.17) is 0 Å². The first kappa shape index (κ1) is 19.9. The van der Waals surface area contributed by atoms with Gasteiger partial charge in [0, 0.05) is 12.2 Å². The number of nitrogens with one attached hydrogen (secondary N) is 3. The summed E-state index contributed by atoms with van der Waals surface area (Å²) in [5.74, 6) is 0. The van der Waals surface area contributed by atoms with Crippen LogP contribution in [0.15, 0.2) is 36.4 Å². The molecule has 2 aromatic carbocycles. The number of hydrogen-bond acceptors (Lipinski definition) is 4. The molecule has 29 heavy (non-hydrogen) atoms. The molecule has 4 rings (SSSR count). The van der Waals surface area contributed by atoms with Crippen LogP contribution in [0.3, 0.4) is 0 Å². The third kappa shape index (κ3) is 4.31. The molecule has 1 unspecified atom stereocenters. The number of anilines is 1. The number of rotatable bonds is 6. The Bertz CT molecular complexity index is 987. The Kier molecular flexibility index (Phi) is 5.61. The Morgan fingerprint density at radius 2 is 1.62 bits per heavy atom. The molecule has 2 amide bonds. The van der Waals surface area contributed by atoms with Gasteiger partial charge in [0.15, 0.2) is 0 Å². The van der Waals surface area contributed by atoms with Gasteiger partial charge in [-0.05, 0) is 73.3 Å². The van der Waals surface area contributed by atoms with E-state index in [2.05, 4.69) is 21.4 Å². The number of urea groups is 1. The average molecular weight is 414 g/mol. The number of benzene rings is 2.